The van der Waals surface area contributed by atoms with Gasteiger partial charge in [-0.05, 0) is 62.2 Å². The highest BCUT2D eigenvalue weighted by atomic mass is 19.3. The highest BCUT2D eigenvalue weighted by molar-refractivity contribution is 6.03. The molecule has 3 atom stereocenters. The number of anilines is 1. The predicted molar refractivity (Wildman–Crippen MR) is 174 cm³/mol. The van der Waals surface area contributed by atoms with E-state index in [2.05, 4.69) is 26.2 Å². The van der Waals surface area contributed by atoms with E-state index in [0.29, 0.717) is 37.7 Å². The van der Waals surface area contributed by atoms with Gasteiger partial charge in [-0.1, -0.05) is 12.0 Å². The van der Waals surface area contributed by atoms with Gasteiger partial charge in [0.25, 0.3) is 12.2 Å². The van der Waals surface area contributed by atoms with Crippen LogP contribution in [0.3, 0.4) is 0 Å². The number of nitrogens with zero attached hydrogens (tertiary/aromatic N) is 5. The molecule has 0 radical (unpaired) electrons. The summed E-state index contributed by atoms with van der Waals surface area (Å²) in [5.41, 5.74) is -2.33. The highest BCUT2D eigenvalue weighted by Gasteiger charge is 2.49. The van der Waals surface area contributed by atoms with Gasteiger partial charge < -0.3 is 20.1 Å². The van der Waals surface area contributed by atoms with E-state index in [1.54, 1.807) is 4.90 Å². The van der Waals surface area contributed by atoms with E-state index in [4.69, 9.17) is 11.2 Å². The second-order valence-corrected chi connectivity index (χ2v) is 13.6. The van der Waals surface area contributed by atoms with Crippen LogP contribution in [0, 0.1) is 24.0 Å². The molecule has 2 aromatic carbocycles. The van der Waals surface area contributed by atoms with Crippen LogP contribution in [0.25, 0.3) is 32.9 Å². The Morgan fingerprint density at radius 1 is 1.16 bits per heavy atom. The summed E-state index contributed by atoms with van der Waals surface area (Å²) in [6.07, 6.45) is 6.94. The van der Waals surface area contributed by atoms with Crippen LogP contribution in [0.5, 0.6) is 11.8 Å². The largest absolute Gasteiger partial charge is 0.508 e. The first kappa shape index (κ1) is 32.3. The Hall–Kier alpha value is -4.87. The molecule has 6 heterocycles. The summed E-state index contributed by atoms with van der Waals surface area (Å²) in [5, 5.41) is 14.5. The fourth-order valence-corrected chi connectivity index (χ4v) is 8.38. The number of aromatic hydroxyl groups is 1. The van der Waals surface area contributed by atoms with Gasteiger partial charge in [-0.25, -0.2) is 8.78 Å². The van der Waals surface area contributed by atoms with Crippen LogP contribution in [0.15, 0.2) is 54.3 Å². The Labute approximate surface area is 282 Å². The zero-order valence-electron chi connectivity index (χ0n) is 26.5. The van der Waals surface area contributed by atoms with Gasteiger partial charge in [-0.2, -0.15) is 27.5 Å². The number of phenolic OH excluding ortho intramolecular Hbond substituents is 1. The molecular weight excluding hydrogens is 662 g/mol. The van der Waals surface area contributed by atoms with E-state index in [9.17, 15) is 27.1 Å². The molecule has 4 saturated heterocycles. The van der Waals surface area contributed by atoms with Crippen molar-refractivity contribution in [2.75, 3.05) is 37.7 Å². The number of hydrogen-bond donors (Lipinski definition) is 2. The van der Waals surface area contributed by atoms with Crippen LogP contribution in [-0.4, -0.2) is 74.9 Å². The van der Waals surface area contributed by atoms with E-state index < -0.39 is 34.9 Å². The lowest BCUT2D eigenvalue weighted by Crippen LogP contribution is -2.59. The summed E-state index contributed by atoms with van der Waals surface area (Å²) in [4.78, 5) is 17.2. The second kappa shape index (κ2) is 11.9. The van der Waals surface area contributed by atoms with E-state index in [1.807, 2.05) is 4.90 Å². The molecule has 4 aliphatic rings. The SMILES string of the molecule is C#Cc1c(F)ccc2cc(O)cc(-c3ncc4c(N5C[C@@H]6CC[C@](C=C(F)F)(C5)N6)nc(OC[C@@]56CCCN5CC(=C(F)F)C6)nc4c3F)c12. The van der Waals surface area contributed by atoms with Gasteiger partial charge >= 0.3 is 6.01 Å². The number of aromatic nitrogens is 3. The van der Waals surface area contributed by atoms with Crippen molar-refractivity contribution in [3.05, 3.63) is 71.5 Å². The molecule has 4 aliphatic heterocycles. The van der Waals surface area contributed by atoms with Gasteiger partial charge in [-0.15, -0.1) is 6.42 Å². The number of hydrogen-bond acceptors (Lipinski definition) is 8. The first-order valence-corrected chi connectivity index (χ1v) is 16.2. The summed E-state index contributed by atoms with van der Waals surface area (Å²) in [6.45, 7) is 1.15. The third-order valence-corrected chi connectivity index (χ3v) is 10.5. The van der Waals surface area contributed by atoms with Crippen LogP contribution in [0.1, 0.15) is 37.7 Å². The monoisotopic (exact) mass is 692 g/mol. The Morgan fingerprint density at radius 3 is 2.78 bits per heavy atom. The standard InChI is InChI=1S/C36H30F6N6O2/c1-2-23-26(37)5-4-19-10-22(49)11-24(28(19)23)30-29(40)31-25(14-43-30)33(47-16-21-6-8-35(17-47,46-21)13-27(38)39)45-34(44-31)50-18-36-7-3-9-48(36)15-20(12-36)32(41)42/h1,4-5,10-11,13-14,21,46,49H,3,6-9,12,15-18H2/t21-,35-,36-/m0/s1. The molecule has 0 aliphatic carbocycles. The molecule has 0 amide bonds. The fourth-order valence-electron chi connectivity index (χ4n) is 8.38. The molecule has 2 N–H and O–H groups in total. The lowest BCUT2D eigenvalue weighted by molar-refractivity contribution is 0.108. The van der Waals surface area contributed by atoms with Crippen molar-refractivity contribution in [2.24, 2.45) is 0 Å². The van der Waals surface area contributed by atoms with E-state index in [1.165, 1.54) is 24.4 Å². The number of phenols is 1. The first-order chi connectivity index (χ1) is 24.0. The van der Waals surface area contributed by atoms with Crippen molar-refractivity contribution in [3.8, 4) is 35.4 Å². The number of pyridine rings is 1. The molecule has 4 fully saturated rings. The second-order valence-electron chi connectivity index (χ2n) is 13.6. The van der Waals surface area contributed by atoms with Gasteiger partial charge in [0.05, 0.1) is 22.0 Å². The van der Waals surface area contributed by atoms with Crippen LogP contribution in [0.2, 0.25) is 0 Å². The lowest BCUT2D eigenvalue weighted by atomic mass is 9.94. The molecule has 8 nitrogen and oxygen atoms in total. The average molecular weight is 693 g/mol. The zero-order chi connectivity index (χ0) is 34.9. The van der Waals surface area contributed by atoms with Crippen molar-refractivity contribution >= 4 is 27.5 Å². The number of piperazine rings is 1. The highest BCUT2D eigenvalue weighted by Crippen LogP contribution is 2.44. The van der Waals surface area contributed by atoms with Crippen LogP contribution < -0.4 is 15.0 Å². The predicted octanol–water partition coefficient (Wildman–Crippen LogP) is 6.67. The quantitative estimate of drug-likeness (QED) is 0.171. The number of benzene rings is 2. The minimum Gasteiger partial charge on any atom is -0.508 e. The van der Waals surface area contributed by atoms with Crippen LogP contribution in [0.4, 0.5) is 32.2 Å². The molecule has 14 heteroatoms. The van der Waals surface area contributed by atoms with Crippen LogP contribution >= 0.6 is 0 Å². The number of ether oxygens (including phenoxy) is 1. The Kier molecular flexibility index (Phi) is 7.68. The summed E-state index contributed by atoms with van der Waals surface area (Å²) in [7, 11) is 0. The van der Waals surface area contributed by atoms with Crippen molar-refractivity contribution in [1.82, 2.24) is 25.2 Å². The summed E-state index contributed by atoms with van der Waals surface area (Å²) < 4.78 is 92.4. The molecule has 50 heavy (non-hydrogen) atoms. The van der Waals surface area contributed by atoms with Gasteiger partial charge in [0, 0.05) is 54.5 Å². The third kappa shape index (κ3) is 5.30. The number of halogens is 6. The molecule has 8 rings (SSSR count). The smallest absolute Gasteiger partial charge is 0.319 e. The van der Waals surface area contributed by atoms with Gasteiger partial charge in [-0.3, -0.25) is 9.88 Å². The summed E-state index contributed by atoms with van der Waals surface area (Å²) in [6, 6.07) is 4.78. The van der Waals surface area contributed by atoms with Gasteiger partial charge in [0.2, 0.25) is 0 Å². The maximum atomic E-state index is 16.9. The number of nitrogens with one attached hydrogen (secondary N) is 1. The van der Waals surface area contributed by atoms with E-state index in [0.717, 1.165) is 18.6 Å². The van der Waals surface area contributed by atoms with Crippen molar-refractivity contribution in [1.29, 1.82) is 0 Å². The molecule has 2 aromatic heterocycles. The average Bonchev–Trinajstić information content (AvgIpc) is 3.73. The molecule has 0 saturated carbocycles. The molecule has 4 aromatic rings. The van der Waals surface area contributed by atoms with E-state index >= 15 is 4.39 Å². The van der Waals surface area contributed by atoms with Crippen molar-refractivity contribution < 1.29 is 36.2 Å². The Bertz CT molecular complexity index is 2180. The summed E-state index contributed by atoms with van der Waals surface area (Å²) in [5.74, 6) is 0.620. The molecule has 2 bridgehead atoms. The third-order valence-electron chi connectivity index (χ3n) is 10.5. The first-order valence-electron chi connectivity index (χ1n) is 16.2. The van der Waals surface area contributed by atoms with Gasteiger partial charge in [0.15, 0.2) is 5.82 Å². The molecule has 0 unspecified atom stereocenters. The summed E-state index contributed by atoms with van der Waals surface area (Å²) >= 11 is 0. The maximum absolute atomic E-state index is 16.9. The fraction of sp³-hybridized carbons (Fsp3) is 0.361. The molecular formula is C36H30F6N6O2. The molecule has 0 spiro atoms. The minimum atomic E-state index is -1.83. The number of terminal acetylenes is 1. The van der Waals surface area contributed by atoms with E-state index in [-0.39, 0.29) is 88.4 Å². The zero-order valence-corrected chi connectivity index (χ0v) is 26.5. The maximum Gasteiger partial charge on any atom is 0.319 e. The minimum absolute atomic E-state index is 0.0243. The molecule has 258 valence electrons. The Morgan fingerprint density at radius 2 is 2.00 bits per heavy atom. The Balaban J connectivity index is 1.28. The lowest BCUT2D eigenvalue weighted by Gasteiger charge is -2.40. The van der Waals surface area contributed by atoms with Crippen molar-refractivity contribution in [2.45, 2.75) is 49.2 Å². The number of rotatable bonds is 6. The number of fused-ring (bicyclic) bond motifs is 5. The topological polar surface area (TPSA) is 86.6 Å². The van der Waals surface area contributed by atoms with Crippen molar-refractivity contribution in [3.63, 3.8) is 0 Å². The normalized spacial score (nSPS) is 24.5. The van der Waals surface area contributed by atoms with Crippen LogP contribution in [-0.2, 0) is 0 Å². The van der Waals surface area contributed by atoms with Gasteiger partial charge in [0.1, 0.15) is 35.2 Å².